The van der Waals surface area contributed by atoms with Gasteiger partial charge in [-0.1, -0.05) is 160 Å². The molecule has 1 nitrogen and oxygen atoms in total. The Morgan fingerprint density at radius 3 is 1.80 bits per heavy atom. The number of fused-ring (bicyclic) bond motifs is 3. The largest absolute Gasteiger partial charge is 0.309 e. The van der Waals surface area contributed by atoms with Crippen molar-refractivity contribution in [2.24, 2.45) is 0 Å². The van der Waals surface area contributed by atoms with Crippen LogP contribution in [0.15, 0.2) is 145 Å². The molecule has 1 heteroatoms. The molecular weight excluding hydrogens is 615 g/mol. The molecule has 1 heterocycles. The zero-order valence-electron chi connectivity index (χ0n) is 30.6. The fourth-order valence-corrected chi connectivity index (χ4v) is 8.69. The lowest BCUT2D eigenvalue weighted by molar-refractivity contribution is 0.386. The third-order valence-electron chi connectivity index (χ3n) is 11.9. The summed E-state index contributed by atoms with van der Waals surface area (Å²) in [5.41, 5.74) is 19.9. The van der Waals surface area contributed by atoms with Crippen LogP contribution in [-0.4, -0.2) is 0 Å². The van der Waals surface area contributed by atoms with E-state index in [0.29, 0.717) is 5.92 Å². The van der Waals surface area contributed by atoms with Gasteiger partial charge >= 0.3 is 0 Å². The lowest BCUT2D eigenvalue weighted by Gasteiger charge is -2.39. The van der Waals surface area contributed by atoms with Crippen LogP contribution in [0.1, 0.15) is 93.2 Å². The monoisotopic (exact) mass is 661 g/mol. The van der Waals surface area contributed by atoms with E-state index in [-0.39, 0.29) is 5.41 Å². The van der Waals surface area contributed by atoms with Crippen molar-refractivity contribution in [1.29, 1.82) is 0 Å². The highest BCUT2D eigenvalue weighted by Gasteiger charge is 2.35. The molecule has 0 saturated heterocycles. The van der Waals surface area contributed by atoms with E-state index in [1.165, 1.54) is 96.7 Å². The van der Waals surface area contributed by atoms with Gasteiger partial charge in [0.15, 0.2) is 0 Å². The quantitative estimate of drug-likeness (QED) is 0.154. The third kappa shape index (κ3) is 5.75. The second-order valence-corrected chi connectivity index (χ2v) is 14.6. The van der Waals surface area contributed by atoms with Gasteiger partial charge in [-0.3, -0.25) is 0 Å². The molecule has 0 aromatic heterocycles. The van der Waals surface area contributed by atoms with Crippen LogP contribution in [0.3, 0.4) is 0 Å². The predicted molar refractivity (Wildman–Crippen MR) is 220 cm³/mol. The van der Waals surface area contributed by atoms with Crippen LogP contribution in [0, 0.1) is 0 Å². The molecule has 51 heavy (non-hydrogen) atoms. The molecule has 0 amide bonds. The normalized spacial score (nSPS) is 15.1. The minimum absolute atomic E-state index is 0.232. The van der Waals surface area contributed by atoms with E-state index in [1.54, 1.807) is 0 Å². The van der Waals surface area contributed by atoms with Crippen LogP contribution < -0.4 is 4.90 Å². The molecule has 0 atom stereocenters. The lowest BCUT2D eigenvalue weighted by Crippen LogP contribution is -2.29. The number of hydrogen-bond donors (Lipinski definition) is 0. The van der Waals surface area contributed by atoms with Crippen LogP contribution in [0.2, 0.25) is 0 Å². The predicted octanol–water partition coefficient (Wildman–Crippen LogP) is 14.4. The molecule has 8 rings (SSSR count). The molecule has 6 aromatic rings. The fourth-order valence-electron chi connectivity index (χ4n) is 8.69. The first kappa shape index (κ1) is 32.8. The Labute approximate surface area is 304 Å². The van der Waals surface area contributed by atoms with Gasteiger partial charge in [-0.25, -0.2) is 0 Å². The van der Waals surface area contributed by atoms with Gasteiger partial charge in [0, 0.05) is 22.9 Å². The van der Waals surface area contributed by atoms with E-state index in [1.807, 2.05) is 0 Å². The smallest absolute Gasteiger partial charge is 0.0546 e. The van der Waals surface area contributed by atoms with Crippen molar-refractivity contribution in [2.75, 3.05) is 4.90 Å². The maximum atomic E-state index is 2.48. The van der Waals surface area contributed by atoms with E-state index in [2.05, 4.69) is 191 Å². The first-order chi connectivity index (χ1) is 24.9. The Bertz CT molecular complexity index is 2230. The van der Waals surface area contributed by atoms with E-state index in [9.17, 15) is 0 Å². The highest BCUT2D eigenvalue weighted by atomic mass is 15.2. The van der Waals surface area contributed by atoms with Crippen molar-refractivity contribution in [2.45, 2.75) is 65.2 Å². The number of rotatable bonds is 7. The molecule has 0 N–H and O–H groups in total. The number of hydrogen-bond acceptors (Lipinski definition) is 1. The van der Waals surface area contributed by atoms with Crippen molar-refractivity contribution in [1.82, 2.24) is 0 Å². The highest BCUT2D eigenvalue weighted by Crippen LogP contribution is 2.52. The van der Waals surface area contributed by atoms with Gasteiger partial charge in [0.2, 0.25) is 0 Å². The molecule has 0 saturated carbocycles. The molecule has 6 aromatic carbocycles. The van der Waals surface area contributed by atoms with Crippen molar-refractivity contribution in [3.63, 3.8) is 0 Å². The first-order valence-electron chi connectivity index (χ1n) is 18.7. The molecule has 1 aliphatic carbocycles. The first-order valence-corrected chi connectivity index (χ1v) is 18.7. The molecule has 1 aliphatic heterocycles. The summed E-state index contributed by atoms with van der Waals surface area (Å²) in [7, 11) is 0. The van der Waals surface area contributed by atoms with Gasteiger partial charge < -0.3 is 4.90 Å². The molecule has 252 valence electrons. The van der Waals surface area contributed by atoms with Gasteiger partial charge in [-0.15, -0.1) is 0 Å². The minimum Gasteiger partial charge on any atom is -0.309 e. The Morgan fingerprint density at radius 1 is 0.569 bits per heavy atom. The van der Waals surface area contributed by atoms with Crippen LogP contribution in [-0.2, 0) is 5.41 Å². The standard InChI is InChI=1S/C50H47N/c1-6-50(7-2)33-34(3)35(4)42-29-25-38(31-46(42)50)22-21-37-23-26-39(27-24-37)41-28-30-45(40-15-9-8-10-16-40)49(32-41)51-47-19-13-11-17-43(47)36(5)44-18-12-14-20-48(44)51/h8-32,36H,6-7,33H2,1-5H3/b22-21+. The number of nitrogens with zero attached hydrogens (tertiary/aromatic N) is 1. The van der Waals surface area contributed by atoms with Crippen LogP contribution >= 0.6 is 0 Å². The minimum atomic E-state index is 0.232. The van der Waals surface area contributed by atoms with E-state index < -0.39 is 0 Å². The molecule has 0 unspecified atom stereocenters. The topological polar surface area (TPSA) is 3.24 Å². The fraction of sp³-hybridized carbons (Fsp3) is 0.200. The van der Waals surface area contributed by atoms with Crippen molar-refractivity contribution in [3.05, 3.63) is 178 Å². The molecule has 2 aliphatic rings. The van der Waals surface area contributed by atoms with Gasteiger partial charge in [-0.2, -0.15) is 0 Å². The van der Waals surface area contributed by atoms with Crippen molar-refractivity contribution >= 4 is 34.8 Å². The van der Waals surface area contributed by atoms with Crippen molar-refractivity contribution < 1.29 is 0 Å². The molecular formula is C50H47N. The summed E-state index contributed by atoms with van der Waals surface area (Å²) in [5.74, 6) is 0.324. The molecule has 0 fully saturated rings. The van der Waals surface area contributed by atoms with Crippen LogP contribution in [0.4, 0.5) is 17.1 Å². The number of anilines is 3. The Kier molecular flexibility index (Phi) is 8.60. The average Bonchev–Trinajstić information content (AvgIpc) is 3.19. The Hall–Kier alpha value is -5.40. The second-order valence-electron chi connectivity index (χ2n) is 14.6. The third-order valence-corrected chi connectivity index (χ3v) is 11.9. The molecule has 0 radical (unpaired) electrons. The lowest BCUT2D eigenvalue weighted by atomic mass is 9.65. The summed E-state index contributed by atoms with van der Waals surface area (Å²) in [6, 6.07) is 51.7. The summed E-state index contributed by atoms with van der Waals surface area (Å²) in [5, 5.41) is 0. The summed E-state index contributed by atoms with van der Waals surface area (Å²) in [6.45, 7) is 11.7. The summed E-state index contributed by atoms with van der Waals surface area (Å²) < 4.78 is 0. The molecule has 0 spiro atoms. The highest BCUT2D eigenvalue weighted by molar-refractivity contribution is 5.94. The van der Waals surface area contributed by atoms with Crippen LogP contribution in [0.5, 0.6) is 0 Å². The SMILES string of the molecule is CCC1(CC)CC(C)=C(C)c2ccc(/C=C/c3ccc(-c4ccc(-c5ccccc5)c(N5c6ccccc6C(C)c6ccccc65)c4)cc3)cc21. The van der Waals surface area contributed by atoms with Gasteiger partial charge in [0.05, 0.1) is 5.69 Å². The zero-order valence-corrected chi connectivity index (χ0v) is 30.6. The summed E-state index contributed by atoms with van der Waals surface area (Å²) in [6.07, 6.45) is 8.04. The van der Waals surface area contributed by atoms with E-state index in [0.717, 1.165) is 6.42 Å². The number of benzene rings is 6. The summed E-state index contributed by atoms with van der Waals surface area (Å²) >= 11 is 0. The van der Waals surface area contributed by atoms with Gasteiger partial charge in [0.1, 0.15) is 0 Å². The Morgan fingerprint density at radius 2 is 1.14 bits per heavy atom. The van der Waals surface area contributed by atoms with Gasteiger partial charge in [0.25, 0.3) is 0 Å². The maximum absolute atomic E-state index is 2.48. The van der Waals surface area contributed by atoms with Crippen LogP contribution in [0.25, 0.3) is 40.0 Å². The van der Waals surface area contributed by atoms with E-state index in [4.69, 9.17) is 0 Å². The van der Waals surface area contributed by atoms with Gasteiger partial charge in [-0.05, 0) is 112 Å². The number of allylic oxidation sites excluding steroid dienone is 2. The number of para-hydroxylation sites is 2. The Balaban J connectivity index is 1.16. The second kappa shape index (κ2) is 13.4. The zero-order chi connectivity index (χ0) is 35.1. The summed E-state index contributed by atoms with van der Waals surface area (Å²) in [4.78, 5) is 2.48. The van der Waals surface area contributed by atoms with Crippen molar-refractivity contribution in [3.8, 4) is 22.3 Å². The van der Waals surface area contributed by atoms with E-state index >= 15 is 0 Å². The maximum Gasteiger partial charge on any atom is 0.0546 e. The average molecular weight is 662 g/mol. The molecule has 0 bridgehead atoms.